The summed E-state index contributed by atoms with van der Waals surface area (Å²) in [5.41, 5.74) is 5.43. The van der Waals surface area contributed by atoms with Gasteiger partial charge in [0.1, 0.15) is 5.75 Å². The average Bonchev–Trinajstić information content (AvgIpc) is 4.01. The lowest BCUT2D eigenvalue weighted by molar-refractivity contribution is -0.138. The lowest BCUT2D eigenvalue weighted by Gasteiger charge is -2.32. The molecule has 48 heavy (non-hydrogen) atoms. The highest BCUT2D eigenvalue weighted by Crippen LogP contribution is 2.66. The van der Waals surface area contributed by atoms with Crippen molar-refractivity contribution >= 4 is 32.7 Å². The molecule has 2 amide bonds. The topological polar surface area (TPSA) is 101 Å². The Morgan fingerprint density at radius 1 is 1.02 bits per heavy atom. The zero-order valence-corrected chi connectivity index (χ0v) is 29.3. The van der Waals surface area contributed by atoms with Gasteiger partial charge in [0.15, 0.2) is 0 Å². The molecular formula is C38H48N4O5S. The maximum atomic E-state index is 14.9. The predicted octanol–water partition coefficient (Wildman–Crippen LogP) is 6.02. The predicted molar refractivity (Wildman–Crippen MR) is 187 cm³/mol. The van der Waals surface area contributed by atoms with Crippen molar-refractivity contribution in [2.75, 3.05) is 33.8 Å². The fourth-order valence-electron chi connectivity index (χ4n) is 9.14. The molecule has 5 aliphatic rings. The van der Waals surface area contributed by atoms with E-state index in [2.05, 4.69) is 45.2 Å². The van der Waals surface area contributed by atoms with E-state index in [1.165, 1.54) is 30.4 Å². The van der Waals surface area contributed by atoms with Crippen molar-refractivity contribution in [1.82, 2.24) is 19.1 Å². The second kappa shape index (κ2) is 11.9. The summed E-state index contributed by atoms with van der Waals surface area (Å²) in [6, 6.07) is 12.2. The van der Waals surface area contributed by atoms with Crippen LogP contribution in [0, 0.1) is 5.41 Å². The van der Waals surface area contributed by atoms with Gasteiger partial charge in [-0.2, -0.15) is 0 Å². The summed E-state index contributed by atoms with van der Waals surface area (Å²) < 4.78 is 35.9. The first-order valence-electron chi connectivity index (χ1n) is 18.0. The van der Waals surface area contributed by atoms with E-state index < -0.39 is 26.6 Å². The Hall–Kier alpha value is -3.37. The van der Waals surface area contributed by atoms with E-state index in [4.69, 9.17) is 4.74 Å². The van der Waals surface area contributed by atoms with Gasteiger partial charge >= 0.3 is 0 Å². The number of amides is 2. The van der Waals surface area contributed by atoms with Gasteiger partial charge in [0.05, 0.1) is 23.5 Å². The van der Waals surface area contributed by atoms with Gasteiger partial charge in [-0.15, -0.1) is 0 Å². The Morgan fingerprint density at radius 3 is 2.54 bits per heavy atom. The number of sulfonamides is 1. The molecule has 3 aliphatic carbocycles. The molecule has 4 fully saturated rings. The standard InChI is InChI=1S/C38H48N4O5S/c1-4-40(2)22-26-11-8-18-41(26)37(44)38-21-32(38)31-20-27(47-3)13-17-29(31)35-34(24-9-6-5-7-10-24)30-16-12-25(19-33(30)42(35)23-38)36(43)39-48(45,46)28-14-15-28/h12-13,16-17,19-20,24,26,28,32H,4-11,14-15,18,21-23H2,1-3H3,(H,39,43). The fourth-order valence-corrected chi connectivity index (χ4v) is 10.4. The van der Waals surface area contributed by atoms with Crippen molar-refractivity contribution in [1.29, 1.82) is 0 Å². The fraction of sp³-hybridized carbons (Fsp3) is 0.579. The van der Waals surface area contributed by atoms with Crippen LogP contribution < -0.4 is 9.46 Å². The second-order valence-corrected chi connectivity index (χ2v) is 17.1. The van der Waals surface area contributed by atoms with E-state index in [-0.39, 0.29) is 17.9 Å². The van der Waals surface area contributed by atoms with Gasteiger partial charge in [0.25, 0.3) is 5.91 Å². The molecule has 3 aromatic rings. The number of likely N-dealkylation sites (N-methyl/N-ethyl adjacent to an activating group) is 1. The number of nitrogens with zero attached hydrogens (tertiary/aromatic N) is 3. The largest absolute Gasteiger partial charge is 0.497 e. The van der Waals surface area contributed by atoms with Crippen molar-refractivity contribution in [3.05, 3.63) is 53.1 Å². The van der Waals surface area contributed by atoms with Crippen molar-refractivity contribution in [3.63, 3.8) is 0 Å². The smallest absolute Gasteiger partial charge is 0.264 e. The van der Waals surface area contributed by atoms with Crippen LogP contribution >= 0.6 is 0 Å². The highest BCUT2D eigenvalue weighted by molar-refractivity contribution is 7.91. The minimum atomic E-state index is -3.69. The van der Waals surface area contributed by atoms with E-state index in [0.717, 1.165) is 79.6 Å². The molecule has 1 aromatic heterocycles. The molecule has 3 saturated carbocycles. The molecule has 0 bridgehead atoms. The number of aromatic nitrogens is 1. The van der Waals surface area contributed by atoms with Crippen LogP contribution in [0.4, 0.5) is 0 Å². The van der Waals surface area contributed by atoms with Crippen LogP contribution in [-0.4, -0.2) is 79.7 Å². The van der Waals surface area contributed by atoms with Crippen LogP contribution in [0.3, 0.4) is 0 Å². The highest BCUT2D eigenvalue weighted by Gasteiger charge is 2.64. The van der Waals surface area contributed by atoms with Crippen LogP contribution in [-0.2, 0) is 21.4 Å². The molecule has 9 nitrogen and oxygen atoms in total. The number of hydrogen-bond donors (Lipinski definition) is 1. The van der Waals surface area contributed by atoms with Gasteiger partial charge in [-0.1, -0.05) is 32.3 Å². The number of fused-ring (bicyclic) bond motifs is 7. The molecule has 0 radical (unpaired) electrons. The van der Waals surface area contributed by atoms with Crippen LogP contribution in [0.5, 0.6) is 5.75 Å². The Kier molecular flexibility index (Phi) is 7.90. The molecule has 0 spiro atoms. The summed E-state index contributed by atoms with van der Waals surface area (Å²) in [4.78, 5) is 32.9. The zero-order chi connectivity index (χ0) is 33.4. The van der Waals surface area contributed by atoms with E-state index in [1.54, 1.807) is 13.2 Å². The minimum Gasteiger partial charge on any atom is -0.497 e. The molecule has 256 valence electrons. The first kappa shape index (κ1) is 31.9. The monoisotopic (exact) mass is 672 g/mol. The molecule has 2 aromatic carbocycles. The van der Waals surface area contributed by atoms with Crippen molar-refractivity contribution in [3.8, 4) is 17.0 Å². The number of rotatable bonds is 9. The number of methoxy groups -OCH3 is 1. The van der Waals surface area contributed by atoms with Crippen LogP contribution in [0.2, 0.25) is 0 Å². The van der Waals surface area contributed by atoms with Crippen LogP contribution in [0.15, 0.2) is 36.4 Å². The SMILES string of the molecule is CCN(C)CC1CCCN1C(=O)C12CC1c1cc(OC)ccc1-c1c(C3CCCCC3)c3ccc(C(=O)NS(=O)(=O)C4CC4)cc3n1C2. The van der Waals surface area contributed by atoms with Gasteiger partial charge in [-0.05, 0) is 106 Å². The number of carbonyl (C=O) groups is 2. The quantitative estimate of drug-likeness (QED) is 0.299. The number of benzene rings is 2. The molecule has 1 N–H and O–H groups in total. The van der Waals surface area contributed by atoms with Crippen molar-refractivity contribution in [2.24, 2.45) is 5.41 Å². The summed E-state index contributed by atoms with van der Waals surface area (Å²) in [6.45, 7) is 5.29. The van der Waals surface area contributed by atoms with E-state index >= 15 is 0 Å². The van der Waals surface area contributed by atoms with E-state index in [9.17, 15) is 18.0 Å². The molecular weight excluding hydrogens is 625 g/mol. The van der Waals surface area contributed by atoms with Crippen LogP contribution in [0.1, 0.15) is 104 Å². The molecule has 3 unspecified atom stereocenters. The molecule has 3 heterocycles. The molecule has 8 rings (SSSR count). The Bertz CT molecular complexity index is 1890. The third-order valence-corrected chi connectivity index (χ3v) is 13.9. The van der Waals surface area contributed by atoms with E-state index in [1.807, 2.05) is 18.2 Å². The van der Waals surface area contributed by atoms with Gasteiger partial charge in [-0.3, -0.25) is 9.59 Å². The third-order valence-electron chi connectivity index (χ3n) is 12.1. The highest BCUT2D eigenvalue weighted by atomic mass is 32.2. The first-order valence-corrected chi connectivity index (χ1v) is 19.6. The number of hydrogen-bond acceptors (Lipinski definition) is 6. The number of nitrogens with one attached hydrogen (secondary N) is 1. The Balaban J connectivity index is 1.29. The van der Waals surface area contributed by atoms with Crippen molar-refractivity contribution in [2.45, 2.75) is 101 Å². The zero-order valence-electron chi connectivity index (χ0n) is 28.5. The van der Waals surface area contributed by atoms with Gasteiger partial charge in [-0.25, -0.2) is 13.1 Å². The van der Waals surface area contributed by atoms with E-state index in [0.29, 0.717) is 30.9 Å². The molecule has 2 aliphatic heterocycles. The van der Waals surface area contributed by atoms with Gasteiger partial charge in [0.2, 0.25) is 15.9 Å². The van der Waals surface area contributed by atoms with Gasteiger partial charge in [0, 0.05) is 53.6 Å². The first-order chi connectivity index (χ1) is 23.1. The number of carbonyl (C=O) groups excluding carboxylic acids is 2. The second-order valence-electron chi connectivity index (χ2n) is 15.1. The lowest BCUT2D eigenvalue weighted by atomic mass is 9.81. The number of likely N-dealkylation sites (tertiary alicyclic amines) is 1. The molecule has 10 heteroatoms. The van der Waals surface area contributed by atoms with Crippen molar-refractivity contribution < 1.29 is 22.7 Å². The summed E-state index contributed by atoms with van der Waals surface area (Å²) in [7, 11) is 0.135. The third kappa shape index (κ3) is 5.25. The summed E-state index contributed by atoms with van der Waals surface area (Å²) in [5, 5.41) is 0.621. The average molecular weight is 673 g/mol. The van der Waals surface area contributed by atoms with Crippen LogP contribution in [0.25, 0.3) is 22.2 Å². The Morgan fingerprint density at radius 2 is 1.81 bits per heavy atom. The minimum absolute atomic E-state index is 0.0737. The maximum Gasteiger partial charge on any atom is 0.264 e. The summed E-state index contributed by atoms with van der Waals surface area (Å²) >= 11 is 0. The Labute approximate surface area is 284 Å². The molecule has 1 saturated heterocycles. The summed E-state index contributed by atoms with van der Waals surface area (Å²) in [5.74, 6) is 0.893. The number of ether oxygens (including phenoxy) is 1. The molecule has 3 atom stereocenters. The normalized spacial score (nSPS) is 25.4. The maximum absolute atomic E-state index is 14.9. The summed E-state index contributed by atoms with van der Waals surface area (Å²) in [6.07, 6.45) is 9.80. The van der Waals surface area contributed by atoms with Gasteiger partial charge < -0.3 is 19.1 Å². The lowest BCUT2D eigenvalue weighted by Crippen LogP contribution is -2.46.